The van der Waals surface area contributed by atoms with Gasteiger partial charge in [-0.15, -0.1) is 11.3 Å². The number of piperidine rings is 1. The molecule has 0 bridgehead atoms. The smallest absolute Gasteiger partial charge is 0.267 e. The standard InChI is InChI=1S/C25H27N5O4S2/c1-13-7-14(2)10-29(9-13)19(31)11-30-12-26-23-20(24(30)33)15(3)21(36-23)22(32)28-25-27-17-6-5-16(34-4)8-18(17)35-25/h5-6,8,12-14H,7,9-11H2,1-4H3,(H,27,28,32)/t13-,14-/m1/s1. The first kappa shape index (κ1) is 24.4. The van der Waals surface area contributed by atoms with Crippen LogP contribution in [0.15, 0.2) is 29.3 Å². The Morgan fingerprint density at radius 3 is 2.67 bits per heavy atom. The lowest BCUT2D eigenvalue weighted by molar-refractivity contribution is -0.134. The van der Waals surface area contributed by atoms with E-state index in [1.165, 1.54) is 22.2 Å². The summed E-state index contributed by atoms with van der Waals surface area (Å²) < 4.78 is 7.49. The van der Waals surface area contributed by atoms with E-state index in [4.69, 9.17) is 4.74 Å². The Bertz CT molecular complexity index is 1530. The fraction of sp³-hybridized carbons (Fsp3) is 0.400. The quantitative estimate of drug-likeness (QED) is 0.420. The number of ether oxygens (including phenoxy) is 1. The molecule has 1 fully saturated rings. The lowest BCUT2D eigenvalue weighted by Crippen LogP contribution is -2.44. The maximum atomic E-state index is 13.3. The topological polar surface area (TPSA) is 106 Å². The Labute approximate surface area is 215 Å². The zero-order valence-corrected chi connectivity index (χ0v) is 22.2. The van der Waals surface area contributed by atoms with E-state index < -0.39 is 0 Å². The Hall–Kier alpha value is -3.31. The highest BCUT2D eigenvalue weighted by Gasteiger charge is 2.26. The van der Waals surface area contributed by atoms with Crippen molar-refractivity contribution in [2.24, 2.45) is 11.8 Å². The fourth-order valence-corrected chi connectivity index (χ4v) is 6.76. The second-order valence-electron chi connectivity index (χ2n) is 9.47. The number of aryl methyl sites for hydroxylation is 1. The van der Waals surface area contributed by atoms with Gasteiger partial charge in [-0.2, -0.15) is 0 Å². The van der Waals surface area contributed by atoms with Crippen LogP contribution in [-0.2, 0) is 11.3 Å². The maximum Gasteiger partial charge on any atom is 0.267 e. The van der Waals surface area contributed by atoms with Crippen LogP contribution >= 0.6 is 22.7 Å². The summed E-state index contributed by atoms with van der Waals surface area (Å²) in [5.41, 5.74) is 0.997. The maximum absolute atomic E-state index is 13.3. The molecule has 188 valence electrons. The largest absolute Gasteiger partial charge is 0.497 e. The van der Waals surface area contributed by atoms with Crippen molar-refractivity contribution in [1.29, 1.82) is 0 Å². The van der Waals surface area contributed by atoms with E-state index in [2.05, 4.69) is 29.1 Å². The van der Waals surface area contributed by atoms with Crippen LogP contribution in [0.3, 0.4) is 0 Å². The van der Waals surface area contributed by atoms with E-state index in [1.807, 2.05) is 23.1 Å². The van der Waals surface area contributed by atoms with Gasteiger partial charge in [0, 0.05) is 13.1 Å². The van der Waals surface area contributed by atoms with Crippen molar-refractivity contribution in [1.82, 2.24) is 19.4 Å². The first-order valence-corrected chi connectivity index (χ1v) is 13.4. The zero-order valence-electron chi connectivity index (χ0n) is 20.5. The van der Waals surface area contributed by atoms with Crippen LogP contribution in [0.2, 0.25) is 0 Å². The van der Waals surface area contributed by atoms with Crippen LogP contribution in [0.4, 0.5) is 5.13 Å². The number of fused-ring (bicyclic) bond motifs is 2. The molecule has 1 aliphatic heterocycles. The molecule has 1 N–H and O–H groups in total. The van der Waals surface area contributed by atoms with E-state index in [0.29, 0.717) is 50.7 Å². The second-order valence-corrected chi connectivity index (χ2v) is 11.5. The van der Waals surface area contributed by atoms with Crippen LogP contribution in [0.25, 0.3) is 20.4 Å². The number of methoxy groups -OCH3 is 1. The number of amides is 2. The van der Waals surface area contributed by atoms with E-state index >= 15 is 0 Å². The van der Waals surface area contributed by atoms with Crippen LogP contribution < -0.4 is 15.6 Å². The first-order valence-electron chi connectivity index (χ1n) is 11.8. The van der Waals surface area contributed by atoms with Gasteiger partial charge in [-0.3, -0.25) is 24.3 Å². The van der Waals surface area contributed by atoms with Crippen molar-refractivity contribution in [2.45, 2.75) is 33.7 Å². The molecule has 5 rings (SSSR count). The number of thiazole rings is 1. The SMILES string of the molecule is COc1ccc2nc(NC(=O)c3sc4ncn(CC(=O)N5C[C@H](C)C[C@@H](C)C5)c(=O)c4c3C)sc2c1. The van der Waals surface area contributed by atoms with Crippen molar-refractivity contribution in [3.05, 3.63) is 45.3 Å². The number of likely N-dealkylation sites (tertiary alicyclic amines) is 1. The van der Waals surface area contributed by atoms with Gasteiger partial charge in [-0.05, 0) is 48.9 Å². The van der Waals surface area contributed by atoms with Gasteiger partial charge in [0.15, 0.2) is 5.13 Å². The first-order chi connectivity index (χ1) is 17.2. The molecule has 0 aliphatic carbocycles. The number of carbonyl (C=O) groups is 2. The lowest BCUT2D eigenvalue weighted by atomic mass is 9.92. The predicted molar refractivity (Wildman–Crippen MR) is 142 cm³/mol. The summed E-state index contributed by atoms with van der Waals surface area (Å²) in [5, 5.41) is 3.67. The fourth-order valence-electron chi connectivity index (χ4n) is 4.84. The predicted octanol–water partition coefficient (Wildman–Crippen LogP) is 4.14. The molecule has 9 nitrogen and oxygen atoms in total. The minimum Gasteiger partial charge on any atom is -0.497 e. The summed E-state index contributed by atoms with van der Waals surface area (Å²) in [6.45, 7) is 7.36. The molecule has 1 saturated heterocycles. The molecular weight excluding hydrogens is 498 g/mol. The van der Waals surface area contributed by atoms with E-state index in [0.717, 1.165) is 33.7 Å². The van der Waals surface area contributed by atoms with Gasteiger partial charge in [0.25, 0.3) is 11.5 Å². The molecule has 0 saturated carbocycles. The normalized spacial score (nSPS) is 18.1. The highest BCUT2D eigenvalue weighted by molar-refractivity contribution is 7.23. The lowest BCUT2D eigenvalue weighted by Gasteiger charge is -2.35. The summed E-state index contributed by atoms with van der Waals surface area (Å²) in [5.74, 6) is 1.16. The van der Waals surface area contributed by atoms with Gasteiger partial charge >= 0.3 is 0 Å². The molecule has 36 heavy (non-hydrogen) atoms. The molecule has 1 aliphatic rings. The number of thiophene rings is 1. The van der Waals surface area contributed by atoms with Gasteiger partial charge < -0.3 is 9.64 Å². The minimum atomic E-state index is -0.347. The number of rotatable bonds is 5. The van der Waals surface area contributed by atoms with E-state index in [-0.39, 0.29) is 23.9 Å². The molecule has 4 heterocycles. The van der Waals surface area contributed by atoms with Gasteiger partial charge in [0.1, 0.15) is 17.1 Å². The number of aromatic nitrogens is 3. The van der Waals surface area contributed by atoms with Crippen molar-refractivity contribution in [3.63, 3.8) is 0 Å². The Morgan fingerprint density at radius 1 is 1.19 bits per heavy atom. The van der Waals surface area contributed by atoms with Gasteiger partial charge in [0.2, 0.25) is 5.91 Å². The molecule has 2 amide bonds. The number of hydrogen-bond acceptors (Lipinski definition) is 8. The monoisotopic (exact) mass is 525 g/mol. The zero-order chi connectivity index (χ0) is 25.6. The van der Waals surface area contributed by atoms with Gasteiger partial charge in [-0.25, -0.2) is 9.97 Å². The highest BCUT2D eigenvalue weighted by atomic mass is 32.1. The highest BCUT2D eigenvalue weighted by Crippen LogP contribution is 2.31. The molecule has 11 heteroatoms. The Balaban J connectivity index is 1.38. The minimum absolute atomic E-state index is 0.0623. The van der Waals surface area contributed by atoms with E-state index in [9.17, 15) is 14.4 Å². The molecule has 4 aromatic rings. The van der Waals surface area contributed by atoms with Crippen LogP contribution in [0, 0.1) is 18.8 Å². The molecular formula is C25H27N5O4S2. The number of benzene rings is 1. The van der Waals surface area contributed by atoms with Crippen molar-refractivity contribution in [3.8, 4) is 5.75 Å². The van der Waals surface area contributed by atoms with Crippen LogP contribution in [0.1, 0.15) is 35.5 Å². The Kier molecular flexibility index (Phi) is 6.52. The number of anilines is 1. The summed E-state index contributed by atoms with van der Waals surface area (Å²) >= 11 is 2.51. The third-order valence-corrected chi connectivity index (χ3v) is 8.60. The molecule has 0 unspecified atom stereocenters. The number of carbonyl (C=O) groups excluding carboxylic acids is 2. The third-order valence-electron chi connectivity index (χ3n) is 6.47. The van der Waals surface area contributed by atoms with Crippen molar-refractivity contribution < 1.29 is 14.3 Å². The van der Waals surface area contributed by atoms with Crippen LogP contribution in [0.5, 0.6) is 5.75 Å². The number of hydrogen-bond donors (Lipinski definition) is 1. The van der Waals surface area contributed by atoms with Gasteiger partial charge in [-0.1, -0.05) is 25.2 Å². The number of nitrogens with one attached hydrogen (secondary N) is 1. The molecule has 2 atom stereocenters. The molecule has 1 aromatic carbocycles. The van der Waals surface area contributed by atoms with Gasteiger partial charge in [0.05, 0.1) is 33.9 Å². The third kappa shape index (κ3) is 4.60. The average Bonchev–Trinajstić information content (AvgIpc) is 3.39. The molecule has 3 aromatic heterocycles. The number of nitrogens with zero attached hydrogens (tertiary/aromatic N) is 4. The summed E-state index contributed by atoms with van der Waals surface area (Å²) in [4.78, 5) is 50.9. The summed E-state index contributed by atoms with van der Waals surface area (Å²) in [6.07, 6.45) is 2.50. The summed E-state index contributed by atoms with van der Waals surface area (Å²) in [7, 11) is 1.60. The van der Waals surface area contributed by atoms with Crippen LogP contribution in [-0.4, -0.2) is 51.4 Å². The average molecular weight is 526 g/mol. The Morgan fingerprint density at radius 2 is 1.94 bits per heavy atom. The van der Waals surface area contributed by atoms with E-state index in [1.54, 1.807) is 14.0 Å². The second kappa shape index (κ2) is 9.62. The summed E-state index contributed by atoms with van der Waals surface area (Å²) in [6, 6.07) is 5.52. The molecule has 0 radical (unpaired) electrons. The van der Waals surface area contributed by atoms with Crippen molar-refractivity contribution >= 4 is 60.1 Å². The van der Waals surface area contributed by atoms with Crippen molar-refractivity contribution in [2.75, 3.05) is 25.5 Å². The molecule has 0 spiro atoms.